The molecular weight excluding hydrogens is 601 g/mol. The van der Waals surface area contributed by atoms with Crippen LogP contribution in [-0.4, -0.2) is 0 Å². The second kappa shape index (κ2) is 16.3. The standard InChI is InChI=1S/C37H40.C8H14.C5H12/c1-23(2)17-33-25(4)18-31-20-30(22-35(31)37(33)28-13-11-24(3)12-14-28)29-15-16-32-26(5)19-34(36(32)21-29)27-9-7-6-8-10-27;1-7(2)8-5-3-4-6-8;1-5(2,3)4/h11-16,18-21,26-27H,1,6-10,17,22H2,2-5H3;8H,1,3-6H2,2H3;1-4H3. The Morgan fingerprint density at radius 2 is 1.38 bits per heavy atom. The first-order valence-electron chi connectivity index (χ1n) is 19.8. The fourth-order valence-corrected chi connectivity index (χ4v) is 8.50. The van der Waals surface area contributed by atoms with Crippen LogP contribution in [0.15, 0.2) is 78.9 Å². The molecule has 7 rings (SSSR count). The van der Waals surface area contributed by atoms with Crippen molar-refractivity contribution in [1.82, 2.24) is 0 Å². The summed E-state index contributed by atoms with van der Waals surface area (Å²) in [4.78, 5) is 0. The maximum atomic E-state index is 4.26. The molecule has 1 atom stereocenters. The van der Waals surface area contributed by atoms with Crippen molar-refractivity contribution in [2.45, 2.75) is 139 Å². The molecule has 0 N–H and O–H groups in total. The maximum absolute atomic E-state index is 4.26. The number of benzene rings is 3. The minimum atomic E-state index is 0.500. The molecule has 1 unspecified atom stereocenters. The van der Waals surface area contributed by atoms with E-state index < -0.39 is 0 Å². The van der Waals surface area contributed by atoms with E-state index in [4.69, 9.17) is 0 Å². The molecule has 0 radical (unpaired) electrons. The normalized spacial score (nSPS) is 18.6. The van der Waals surface area contributed by atoms with E-state index in [9.17, 15) is 0 Å². The molecule has 0 amide bonds. The van der Waals surface area contributed by atoms with E-state index in [0.29, 0.717) is 11.3 Å². The Morgan fingerprint density at radius 3 is 1.96 bits per heavy atom. The topological polar surface area (TPSA) is 0 Å². The van der Waals surface area contributed by atoms with Crippen LogP contribution >= 0.6 is 0 Å². The maximum Gasteiger partial charge on any atom is 0.000174 e. The summed E-state index contributed by atoms with van der Waals surface area (Å²) in [6.45, 7) is 28.1. The van der Waals surface area contributed by atoms with Gasteiger partial charge in [0.25, 0.3) is 0 Å². The largest absolute Gasteiger partial charge is 0.0999 e. The summed E-state index contributed by atoms with van der Waals surface area (Å²) in [5.74, 6) is 2.16. The molecule has 2 saturated carbocycles. The highest BCUT2D eigenvalue weighted by molar-refractivity contribution is 5.94. The van der Waals surface area contributed by atoms with Crippen LogP contribution in [0.1, 0.15) is 157 Å². The minimum absolute atomic E-state index is 0.500. The minimum Gasteiger partial charge on any atom is -0.0999 e. The summed E-state index contributed by atoms with van der Waals surface area (Å²) in [5, 5.41) is 0. The van der Waals surface area contributed by atoms with Crippen LogP contribution < -0.4 is 0 Å². The van der Waals surface area contributed by atoms with Crippen LogP contribution in [0, 0.1) is 31.1 Å². The van der Waals surface area contributed by atoms with Crippen molar-refractivity contribution in [3.63, 3.8) is 0 Å². The predicted octanol–water partition coefficient (Wildman–Crippen LogP) is 15.1. The van der Waals surface area contributed by atoms with E-state index in [1.807, 2.05) is 0 Å². The van der Waals surface area contributed by atoms with Gasteiger partial charge in [-0.25, -0.2) is 0 Å². The lowest BCUT2D eigenvalue weighted by atomic mass is 9.81. The molecule has 2 fully saturated rings. The Bertz CT molecular complexity index is 1730. The Morgan fingerprint density at radius 1 is 0.780 bits per heavy atom. The van der Waals surface area contributed by atoms with Gasteiger partial charge in [0.05, 0.1) is 0 Å². The highest BCUT2D eigenvalue weighted by atomic mass is 14.3. The van der Waals surface area contributed by atoms with E-state index in [2.05, 4.69) is 136 Å². The summed E-state index contributed by atoms with van der Waals surface area (Å²) in [5.41, 5.74) is 20.4. The van der Waals surface area contributed by atoms with Gasteiger partial charge < -0.3 is 0 Å². The summed E-state index contributed by atoms with van der Waals surface area (Å²) in [7, 11) is 0. The van der Waals surface area contributed by atoms with Gasteiger partial charge >= 0.3 is 0 Å². The average molecular weight is 667 g/mol. The smallest absolute Gasteiger partial charge is 0.000174 e. The Kier molecular flexibility index (Phi) is 12.4. The Labute approximate surface area is 306 Å². The third kappa shape index (κ3) is 9.48. The van der Waals surface area contributed by atoms with Crippen LogP contribution in [0.5, 0.6) is 0 Å². The number of allylic oxidation sites excluding steroid dienone is 5. The van der Waals surface area contributed by atoms with Gasteiger partial charge in [0.1, 0.15) is 0 Å². The zero-order chi connectivity index (χ0) is 36.2. The summed E-state index contributed by atoms with van der Waals surface area (Å²) in [6, 6.07) is 18.9. The molecule has 4 aliphatic carbocycles. The Balaban J connectivity index is 0.000000316. The van der Waals surface area contributed by atoms with Gasteiger partial charge in [-0.3, -0.25) is 0 Å². The third-order valence-electron chi connectivity index (χ3n) is 11.1. The van der Waals surface area contributed by atoms with Gasteiger partial charge in [-0.05, 0) is 151 Å². The van der Waals surface area contributed by atoms with Crippen molar-refractivity contribution in [2.75, 3.05) is 0 Å². The van der Waals surface area contributed by atoms with E-state index in [1.54, 1.807) is 5.57 Å². The lowest BCUT2D eigenvalue weighted by Gasteiger charge is -2.24. The number of aryl methyl sites for hydroxylation is 2. The number of fused-ring (bicyclic) bond motifs is 2. The lowest BCUT2D eigenvalue weighted by Crippen LogP contribution is -2.08. The van der Waals surface area contributed by atoms with Crippen molar-refractivity contribution in [3.8, 4) is 11.1 Å². The number of hydrogen-bond donors (Lipinski definition) is 0. The van der Waals surface area contributed by atoms with Gasteiger partial charge in [-0.15, -0.1) is 0 Å². The van der Waals surface area contributed by atoms with Crippen LogP contribution in [-0.2, 0) is 12.8 Å². The average Bonchev–Trinajstić information content (AvgIpc) is 3.81. The molecule has 0 bridgehead atoms. The van der Waals surface area contributed by atoms with Crippen molar-refractivity contribution in [2.24, 2.45) is 17.3 Å². The van der Waals surface area contributed by atoms with Crippen LogP contribution in [0.4, 0.5) is 0 Å². The highest BCUT2D eigenvalue weighted by Gasteiger charge is 2.29. The molecule has 3 aromatic rings. The van der Waals surface area contributed by atoms with Gasteiger partial charge in [0.15, 0.2) is 0 Å². The molecule has 0 heterocycles. The summed E-state index contributed by atoms with van der Waals surface area (Å²) >= 11 is 0. The molecule has 50 heavy (non-hydrogen) atoms. The fourth-order valence-electron chi connectivity index (χ4n) is 8.50. The third-order valence-corrected chi connectivity index (χ3v) is 11.1. The molecule has 0 nitrogen and oxygen atoms in total. The Hall–Kier alpha value is -3.38. The van der Waals surface area contributed by atoms with Crippen LogP contribution in [0.2, 0.25) is 0 Å². The monoisotopic (exact) mass is 667 g/mol. The van der Waals surface area contributed by atoms with Gasteiger partial charge in [-0.1, -0.05) is 151 Å². The molecule has 4 aliphatic rings. The van der Waals surface area contributed by atoms with E-state index in [-0.39, 0.29) is 0 Å². The van der Waals surface area contributed by atoms with Gasteiger partial charge in [-0.2, -0.15) is 0 Å². The first-order chi connectivity index (χ1) is 23.7. The molecule has 0 heteroatoms. The fraction of sp³-hybridized carbons (Fsp3) is 0.480. The second-order valence-corrected chi connectivity index (χ2v) is 17.8. The van der Waals surface area contributed by atoms with Crippen LogP contribution in [0.3, 0.4) is 0 Å². The molecule has 0 saturated heterocycles. The van der Waals surface area contributed by atoms with Crippen LogP contribution in [0.25, 0.3) is 28.3 Å². The predicted molar refractivity (Wildman–Crippen MR) is 223 cm³/mol. The van der Waals surface area contributed by atoms with E-state index in [1.165, 1.54) is 130 Å². The second-order valence-electron chi connectivity index (χ2n) is 17.8. The van der Waals surface area contributed by atoms with Crippen molar-refractivity contribution in [1.29, 1.82) is 0 Å². The molecule has 0 spiro atoms. The molecule has 266 valence electrons. The van der Waals surface area contributed by atoms with Gasteiger partial charge in [0, 0.05) is 5.92 Å². The molecular formula is C50H66. The SMILES string of the molecule is C=C(C)C1CCCC1.C=C(C)Cc1c(C)cc2c(c1-c1ccc(C)cc1)CC(c1ccc3c(c1)C(C1CCCCC1)=CC3C)=C2.CC(C)(C)C. The van der Waals surface area contributed by atoms with E-state index >= 15 is 0 Å². The number of rotatable bonds is 6. The molecule has 0 aromatic heterocycles. The summed E-state index contributed by atoms with van der Waals surface area (Å²) in [6.07, 6.45) is 19.5. The quantitative estimate of drug-likeness (QED) is 0.230. The first kappa shape index (κ1) is 37.9. The lowest BCUT2D eigenvalue weighted by molar-refractivity contribution is 0.429. The molecule has 3 aromatic carbocycles. The van der Waals surface area contributed by atoms with Crippen molar-refractivity contribution >= 4 is 17.2 Å². The zero-order valence-corrected chi connectivity index (χ0v) is 33.2. The zero-order valence-electron chi connectivity index (χ0n) is 33.2. The summed E-state index contributed by atoms with van der Waals surface area (Å²) < 4.78 is 0. The highest BCUT2D eigenvalue weighted by Crippen LogP contribution is 2.47. The van der Waals surface area contributed by atoms with Gasteiger partial charge in [0.2, 0.25) is 0 Å². The van der Waals surface area contributed by atoms with Crippen molar-refractivity contribution < 1.29 is 0 Å². The van der Waals surface area contributed by atoms with Crippen molar-refractivity contribution in [3.05, 3.63) is 123 Å². The first-order valence-corrected chi connectivity index (χ1v) is 19.8. The molecule has 0 aliphatic heterocycles. The van der Waals surface area contributed by atoms with E-state index in [0.717, 1.165) is 24.7 Å². The number of hydrogen-bond acceptors (Lipinski definition) is 0.